The van der Waals surface area contributed by atoms with E-state index < -0.39 is 0 Å². The van der Waals surface area contributed by atoms with E-state index in [0.717, 1.165) is 34.1 Å². The van der Waals surface area contributed by atoms with Crippen molar-refractivity contribution in [2.45, 2.75) is 20.3 Å². The maximum absolute atomic E-state index is 5.52. The van der Waals surface area contributed by atoms with E-state index in [9.17, 15) is 0 Å². The molecule has 2 rings (SSSR count). The summed E-state index contributed by atoms with van der Waals surface area (Å²) in [4.78, 5) is 4.59. The number of thiazole rings is 1. The fourth-order valence-corrected chi connectivity index (χ4v) is 2.61. The molecule has 2 aromatic heterocycles. The van der Waals surface area contributed by atoms with E-state index in [1.807, 2.05) is 18.7 Å². The van der Waals surface area contributed by atoms with E-state index in [2.05, 4.69) is 22.4 Å². The molecule has 0 spiro atoms. The molecule has 0 atom stereocenters. The van der Waals surface area contributed by atoms with Gasteiger partial charge < -0.3 is 5.73 Å². The van der Waals surface area contributed by atoms with Crippen LogP contribution in [0.25, 0.3) is 11.3 Å². The molecular weight excluding hydrogens is 220 g/mol. The molecule has 0 saturated carbocycles. The number of aromatic nitrogens is 3. The van der Waals surface area contributed by atoms with Crippen LogP contribution in [0.4, 0.5) is 0 Å². The molecule has 0 aliphatic carbocycles. The quantitative estimate of drug-likeness (QED) is 0.881. The van der Waals surface area contributed by atoms with Gasteiger partial charge in [0.05, 0.1) is 16.4 Å². The first kappa shape index (κ1) is 11.3. The van der Waals surface area contributed by atoms with Crippen LogP contribution in [0.5, 0.6) is 0 Å². The predicted octanol–water partition coefficient (Wildman–Crippen LogP) is 1.66. The van der Waals surface area contributed by atoms with E-state index in [1.165, 1.54) is 0 Å². The van der Waals surface area contributed by atoms with Crippen LogP contribution in [-0.4, -0.2) is 21.3 Å². The third-order valence-corrected chi connectivity index (χ3v) is 3.58. The molecule has 4 nitrogen and oxygen atoms in total. The van der Waals surface area contributed by atoms with Gasteiger partial charge in [-0.2, -0.15) is 5.10 Å². The van der Waals surface area contributed by atoms with Crippen LogP contribution >= 0.6 is 11.3 Å². The van der Waals surface area contributed by atoms with Gasteiger partial charge in [-0.3, -0.25) is 4.68 Å². The van der Waals surface area contributed by atoms with Crippen LogP contribution in [0.15, 0.2) is 5.38 Å². The number of aryl methyl sites for hydroxylation is 2. The van der Waals surface area contributed by atoms with Crippen LogP contribution in [0.2, 0.25) is 0 Å². The molecular formula is C11H16N4S. The number of nitrogens with two attached hydrogens (primary N) is 1. The molecule has 0 aliphatic rings. The SMILES string of the molecule is Cc1nn(C)c(C)c1-c1csc(CCN)n1. The fourth-order valence-electron chi connectivity index (χ4n) is 1.81. The third kappa shape index (κ3) is 1.88. The van der Waals surface area contributed by atoms with Gasteiger partial charge in [-0.1, -0.05) is 0 Å². The van der Waals surface area contributed by atoms with Crippen molar-refractivity contribution in [3.63, 3.8) is 0 Å². The van der Waals surface area contributed by atoms with Crippen molar-refractivity contribution in [2.75, 3.05) is 6.54 Å². The smallest absolute Gasteiger partial charge is 0.0945 e. The highest BCUT2D eigenvalue weighted by atomic mass is 32.1. The second kappa shape index (κ2) is 4.35. The van der Waals surface area contributed by atoms with Gasteiger partial charge in [0.25, 0.3) is 0 Å². The maximum Gasteiger partial charge on any atom is 0.0945 e. The zero-order chi connectivity index (χ0) is 11.7. The van der Waals surface area contributed by atoms with Gasteiger partial charge in [0.2, 0.25) is 0 Å². The van der Waals surface area contributed by atoms with Gasteiger partial charge in [-0.05, 0) is 20.4 Å². The van der Waals surface area contributed by atoms with Crippen molar-refractivity contribution in [1.29, 1.82) is 0 Å². The van der Waals surface area contributed by atoms with Crippen LogP contribution in [-0.2, 0) is 13.5 Å². The minimum atomic E-state index is 0.651. The lowest BCUT2D eigenvalue weighted by Crippen LogP contribution is -2.02. The molecule has 2 aromatic rings. The predicted molar refractivity (Wildman–Crippen MR) is 66.5 cm³/mol. The lowest BCUT2D eigenvalue weighted by Gasteiger charge is -1.97. The summed E-state index contributed by atoms with van der Waals surface area (Å²) in [5.41, 5.74) is 9.89. The Labute approximate surface area is 99.1 Å². The molecule has 0 amide bonds. The van der Waals surface area contributed by atoms with E-state index >= 15 is 0 Å². The fraction of sp³-hybridized carbons (Fsp3) is 0.455. The number of rotatable bonds is 3. The van der Waals surface area contributed by atoms with Crippen molar-refractivity contribution in [2.24, 2.45) is 12.8 Å². The lowest BCUT2D eigenvalue weighted by atomic mass is 10.1. The highest BCUT2D eigenvalue weighted by molar-refractivity contribution is 7.09. The Balaban J connectivity index is 2.42. The lowest BCUT2D eigenvalue weighted by molar-refractivity contribution is 0.731. The van der Waals surface area contributed by atoms with Crippen molar-refractivity contribution < 1.29 is 0 Å². The average Bonchev–Trinajstić information content (AvgIpc) is 2.75. The number of hydrogen-bond donors (Lipinski definition) is 1. The van der Waals surface area contributed by atoms with Gasteiger partial charge in [-0.15, -0.1) is 11.3 Å². The second-order valence-electron chi connectivity index (χ2n) is 3.83. The molecule has 2 heterocycles. The summed E-state index contributed by atoms with van der Waals surface area (Å²) in [5.74, 6) is 0. The standard InChI is InChI=1S/C11H16N4S/c1-7-11(8(2)15(3)14-7)9-6-16-10(13-9)4-5-12/h6H,4-5,12H2,1-3H3. The summed E-state index contributed by atoms with van der Waals surface area (Å²) in [6.07, 6.45) is 0.850. The zero-order valence-electron chi connectivity index (χ0n) is 9.82. The molecule has 0 unspecified atom stereocenters. The minimum Gasteiger partial charge on any atom is -0.330 e. The molecule has 0 aliphatic heterocycles. The largest absolute Gasteiger partial charge is 0.330 e. The van der Waals surface area contributed by atoms with Gasteiger partial charge in [-0.25, -0.2) is 4.98 Å². The highest BCUT2D eigenvalue weighted by Crippen LogP contribution is 2.27. The molecule has 2 N–H and O–H groups in total. The van der Waals surface area contributed by atoms with E-state index in [-0.39, 0.29) is 0 Å². The molecule has 5 heteroatoms. The number of nitrogens with zero attached hydrogens (tertiary/aromatic N) is 3. The van der Waals surface area contributed by atoms with Crippen molar-refractivity contribution in [3.8, 4) is 11.3 Å². The summed E-state index contributed by atoms with van der Waals surface area (Å²) in [7, 11) is 1.96. The van der Waals surface area contributed by atoms with Crippen molar-refractivity contribution in [1.82, 2.24) is 14.8 Å². The Morgan fingerprint density at radius 3 is 2.75 bits per heavy atom. The molecule has 16 heavy (non-hydrogen) atoms. The average molecular weight is 236 g/mol. The van der Waals surface area contributed by atoms with Gasteiger partial charge in [0.1, 0.15) is 0 Å². The first-order valence-corrected chi connectivity index (χ1v) is 6.16. The summed E-state index contributed by atoms with van der Waals surface area (Å²) in [6, 6.07) is 0. The van der Waals surface area contributed by atoms with Crippen LogP contribution < -0.4 is 5.73 Å². The van der Waals surface area contributed by atoms with Crippen LogP contribution in [0.3, 0.4) is 0 Å². The molecule has 0 radical (unpaired) electrons. The Kier molecular flexibility index (Phi) is 3.07. The molecule has 86 valence electrons. The molecule has 0 saturated heterocycles. The first-order chi connectivity index (χ1) is 7.63. The topological polar surface area (TPSA) is 56.7 Å². The minimum absolute atomic E-state index is 0.651. The van der Waals surface area contributed by atoms with Crippen molar-refractivity contribution >= 4 is 11.3 Å². The number of hydrogen-bond acceptors (Lipinski definition) is 4. The third-order valence-electron chi connectivity index (χ3n) is 2.68. The van der Waals surface area contributed by atoms with Crippen LogP contribution in [0, 0.1) is 13.8 Å². The Morgan fingerprint density at radius 2 is 2.19 bits per heavy atom. The summed E-state index contributed by atoms with van der Waals surface area (Å²) in [5, 5.41) is 7.58. The molecule has 0 aromatic carbocycles. The highest BCUT2D eigenvalue weighted by Gasteiger charge is 2.14. The van der Waals surface area contributed by atoms with E-state index in [1.54, 1.807) is 11.3 Å². The van der Waals surface area contributed by atoms with Gasteiger partial charge in [0.15, 0.2) is 0 Å². The summed E-state index contributed by atoms with van der Waals surface area (Å²) in [6.45, 7) is 4.74. The van der Waals surface area contributed by atoms with Crippen molar-refractivity contribution in [3.05, 3.63) is 21.8 Å². The Hall–Kier alpha value is -1.20. The molecule has 0 fully saturated rings. The Bertz CT molecular complexity index is 498. The van der Waals surface area contributed by atoms with Crippen LogP contribution in [0.1, 0.15) is 16.4 Å². The van der Waals surface area contributed by atoms with E-state index in [0.29, 0.717) is 6.54 Å². The van der Waals surface area contributed by atoms with E-state index in [4.69, 9.17) is 5.73 Å². The van der Waals surface area contributed by atoms with Gasteiger partial charge >= 0.3 is 0 Å². The summed E-state index contributed by atoms with van der Waals surface area (Å²) >= 11 is 1.67. The molecule has 0 bridgehead atoms. The zero-order valence-corrected chi connectivity index (χ0v) is 10.6. The summed E-state index contributed by atoms with van der Waals surface area (Å²) < 4.78 is 1.90. The second-order valence-corrected chi connectivity index (χ2v) is 4.78. The first-order valence-electron chi connectivity index (χ1n) is 5.28. The maximum atomic E-state index is 5.52. The van der Waals surface area contributed by atoms with Gasteiger partial charge in [0, 0.05) is 30.1 Å². The monoisotopic (exact) mass is 236 g/mol. The Morgan fingerprint density at radius 1 is 1.44 bits per heavy atom. The normalized spacial score (nSPS) is 11.0.